The van der Waals surface area contributed by atoms with Crippen molar-refractivity contribution in [1.29, 1.82) is 5.26 Å². The van der Waals surface area contributed by atoms with E-state index in [1.54, 1.807) is 0 Å². The number of benzene rings is 2. The normalized spacial score (nSPS) is 25.1. The Morgan fingerprint density at radius 2 is 1.84 bits per heavy atom. The quantitative estimate of drug-likeness (QED) is 0.514. The molecule has 2 saturated carbocycles. The van der Waals surface area contributed by atoms with Crippen molar-refractivity contribution in [2.24, 2.45) is 5.92 Å². The Labute approximate surface area is 188 Å². The van der Waals surface area contributed by atoms with Gasteiger partial charge in [-0.05, 0) is 78.7 Å². The Morgan fingerprint density at radius 3 is 2.42 bits per heavy atom. The largest absolute Gasteiger partial charge is 0.393 e. The number of hydrogen-bond donors (Lipinski definition) is 1. The van der Waals surface area contributed by atoms with Crippen LogP contribution in [0, 0.1) is 17.2 Å². The molecule has 164 valence electrons. The number of rotatable bonds is 6. The van der Waals surface area contributed by atoms with Crippen molar-refractivity contribution < 1.29 is 5.11 Å². The molecule has 2 aromatic carbocycles. The lowest BCUT2D eigenvalue weighted by Crippen LogP contribution is -2.37. The molecule has 2 aromatic rings. The summed E-state index contributed by atoms with van der Waals surface area (Å²) in [4.78, 5) is 0. The summed E-state index contributed by atoms with van der Waals surface area (Å²) in [5, 5.41) is 20.2. The molecular weight excluding hydrogens is 378 g/mol. The van der Waals surface area contributed by atoms with Gasteiger partial charge in [-0.3, -0.25) is 0 Å². The molecule has 2 heteroatoms. The first-order chi connectivity index (χ1) is 15.1. The fraction of sp³-hybridized carbons (Fsp3) is 0.483. The standard InChI is InChI=1S/C27H31NO.C2H6/c1-3-19-14-26(29)17-27(4-2,16-19)25-12-11-23(18-28)24(15-25)13-20-5-7-21(8-6-20)22-9-10-22;1-2/h4-8,11-12,15,19,22,26,29H,2-3,9-10,13-14,16-17H2,1H3;1-2H3. The third kappa shape index (κ3) is 5.28. The number of nitriles is 1. The Hall–Kier alpha value is -2.37. The molecule has 4 rings (SSSR count). The first-order valence-electron chi connectivity index (χ1n) is 12.0. The van der Waals surface area contributed by atoms with Crippen molar-refractivity contribution in [2.75, 3.05) is 0 Å². The summed E-state index contributed by atoms with van der Waals surface area (Å²) in [5.41, 5.74) is 5.47. The molecule has 2 nitrogen and oxygen atoms in total. The molecule has 2 aliphatic rings. The molecule has 0 amide bonds. The SMILES string of the molecule is C=CC1(c2ccc(C#N)c(Cc3ccc(C4CC4)cc3)c2)CC(O)CC(CC)C1.CC. The van der Waals surface area contributed by atoms with Gasteiger partial charge in [-0.1, -0.05) is 69.7 Å². The Bertz CT molecular complexity index is 919. The summed E-state index contributed by atoms with van der Waals surface area (Å²) < 4.78 is 0. The van der Waals surface area contributed by atoms with E-state index in [9.17, 15) is 10.4 Å². The number of allylic oxidation sites excluding steroid dienone is 1. The van der Waals surface area contributed by atoms with Crippen LogP contribution in [0.1, 0.15) is 93.0 Å². The van der Waals surface area contributed by atoms with Gasteiger partial charge in [0.05, 0.1) is 17.7 Å². The summed E-state index contributed by atoms with van der Waals surface area (Å²) in [6.07, 6.45) is 8.82. The minimum Gasteiger partial charge on any atom is -0.393 e. The zero-order valence-corrected chi connectivity index (χ0v) is 19.4. The zero-order valence-electron chi connectivity index (χ0n) is 19.4. The van der Waals surface area contributed by atoms with E-state index in [0.717, 1.165) is 42.7 Å². The summed E-state index contributed by atoms with van der Waals surface area (Å²) >= 11 is 0. The highest BCUT2D eigenvalue weighted by Crippen LogP contribution is 2.45. The van der Waals surface area contributed by atoms with Gasteiger partial charge in [0, 0.05) is 5.41 Å². The van der Waals surface area contributed by atoms with Crippen LogP contribution in [0.25, 0.3) is 0 Å². The molecule has 0 aromatic heterocycles. The van der Waals surface area contributed by atoms with Crippen LogP contribution >= 0.6 is 0 Å². The second-order valence-corrected chi connectivity index (χ2v) is 9.11. The lowest BCUT2D eigenvalue weighted by atomic mass is 9.64. The Balaban J connectivity index is 0.00000132. The van der Waals surface area contributed by atoms with Crippen molar-refractivity contribution >= 4 is 0 Å². The van der Waals surface area contributed by atoms with E-state index in [0.29, 0.717) is 12.3 Å². The van der Waals surface area contributed by atoms with E-state index in [4.69, 9.17) is 0 Å². The highest BCUT2D eigenvalue weighted by molar-refractivity contribution is 5.46. The van der Waals surface area contributed by atoms with E-state index in [1.807, 2.05) is 26.0 Å². The van der Waals surface area contributed by atoms with E-state index in [2.05, 4.69) is 56.0 Å². The Kier molecular flexibility index (Phi) is 7.74. The maximum Gasteiger partial charge on any atom is 0.0994 e. The maximum atomic E-state index is 10.5. The lowest BCUT2D eigenvalue weighted by molar-refractivity contribution is 0.0675. The zero-order chi connectivity index (χ0) is 22.4. The number of nitrogens with zero attached hydrogens (tertiary/aromatic N) is 1. The van der Waals surface area contributed by atoms with Crippen LogP contribution in [0.2, 0.25) is 0 Å². The van der Waals surface area contributed by atoms with Crippen LogP contribution < -0.4 is 0 Å². The maximum absolute atomic E-state index is 10.5. The van der Waals surface area contributed by atoms with Gasteiger partial charge in [0.1, 0.15) is 0 Å². The molecule has 0 bridgehead atoms. The molecule has 3 atom stereocenters. The molecule has 0 spiro atoms. The highest BCUT2D eigenvalue weighted by atomic mass is 16.3. The van der Waals surface area contributed by atoms with E-state index in [1.165, 1.54) is 29.5 Å². The van der Waals surface area contributed by atoms with Crippen LogP contribution in [-0.4, -0.2) is 11.2 Å². The third-order valence-electron chi connectivity index (χ3n) is 7.05. The lowest BCUT2D eigenvalue weighted by Gasteiger charge is -2.42. The predicted octanol–water partition coefficient (Wildman–Crippen LogP) is 7.05. The number of hydrogen-bond acceptors (Lipinski definition) is 2. The van der Waals surface area contributed by atoms with Gasteiger partial charge in [0.15, 0.2) is 0 Å². The van der Waals surface area contributed by atoms with Gasteiger partial charge >= 0.3 is 0 Å². The average Bonchev–Trinajstić information content (AvgIpc) is 3.66. The van der Waals surface area contributed by atoms with Crippen LogP contribution in [0.3, 0.4) is 0 Å². The van der Waals surface area contributed by atoms with Crippen LogP contribution in [0.5, 0.6) is 0 Å². The second-order valence-electron chi connectivity index (χ2n) is 9.11. The smallest absolute Gasteiger partial charge is 0.0994 e. The molecule has 2 fully saturated rings. The molecular formula is C29H37NO. The Morgan fingerprint density at radius 1 is 1.13 bits per heavy atom. The molecule has 0 aliphatic heterocycles. The first kappa shape index (κ1) is 23.3. The topological polar surface area (TPSA) is 44.0 Å². The van der Waals surface area contributed by atoms with Crippen LogP contribution in [0.15, 0.2) is 55.1 Å². The summed E-state index contributed by atoms with van der Waals surface area (Å²) in [5.74, 6) is 1.27. The van der Waals surface area contributed by atoms with E-state index < -0.39 is 0 Å². The van der Waals surface area contributed by atoms with E-state index >= 15 is 0 Å². The minimum absolute atomic E-state index is 0.211. The molecule has 1 N–H and O–H groups in total. The van der Waals surface area contributed by atoms with Crippen molar-refractivity contribution in [3.05, 3.63) is 82.9 Å². The number of aliphatic hydroxyl groups excluding tert-OH is 1. The summed E-state index contributed by atoms with van der Waals surface area (Å²) in [7, 11) is 0. The third-order valence-corrected chi connectivity index (χ3v) is 7.05. The van der Waals surface area contributed by atoms with Gasteiger partial charge in [0.25, 0.3) is 0 Å². The summed E-state index contributed by atoms with van der Waals surface area (Å²) in [6, 6.07) is 17.5. The van der Waals surface area contributed by atoms with Crippen molar-refractivity contribution in [3.63, 3.8) is 0 Å². The van der Waals surface area contributed by atoms with Crippen LogP contribution in [-0.2, 0) is 11.8 Å². The van der Waals surface area contributed by atoms with Gasteiger partial charge in [0.2, 0.25) is 0 Å². The fourth-order valence-electron chi connectivity index (χ4n) is 5.10. The first-order valence-corrected chi connectivity index (χ1v) is 12.0. The molecule has 0 radical (unpaired) electrons. The van der Waals surface area contributed by atoms with Gasteiger partial charge in [-0.2, -0.15) is 5.26 Å². The molecule has 0 saturated heterocycles. The minimum atomic E-state index is -0.291. The van der Waals surface area contributed by atoms with Crippen LogP contribution in [0.4, 0.5) is 0 Å². The molecule has 3 unspecified atom stereocenters. The predicted molar refractivity (Wildman–Crippen MR) is 129 cm³/mol. The molecule has 2 aliphatic carbocycles. The average molecular weight is 416 g/mol. The highest BCUT2D eigenvalue weighted by Gasteiger charge is 2.39. The summed E-state index contributed by atoms with van der Waals surface area (Å²) in [6.45, 7) is 10.3. The van der Waals surface area contributed by atoms with Crippen molar-refractivity contribution in [1.82, 2.24) is 0 Å². The van der Waals surface area contributed by atoms with Crippen molar-refractivity contribution in [3.8, 4) is 6.07 Å². The van der Waals surface area contributed by atoms with E-state index in [-0.39, 0.29) is 11.5 Å². The fourth-order valence-corrected chi connectivity index (χ4v) is 5.10. The second kappa shape index (κ2) is 10.3. The van der Waals surface area contributed by atoms with Gasteiger partial charge in [-0.15, -0.1) is 6.58 Å². The molecule has 31 heavy (non-hydrogen) atoms. The van der Waals surface area contributed by atoms with Gasteiger partial charge in [-0.25, -0.2) is 0 Å². The molecule has 0 heterocycles. The monoisotopic (exact) mass is 415 g/mol. The van der Waals surface area contributed by atoms with Gasteiger partial charge < -0.3 is 5.11 Å². The van der Waals surface area contributed by atoms with Crippen molar-refractivity contribution in [2.45, 2.75) is 83.2 Å². The number of aliphatic hydroxyl groups is 1.